The van der Waals surface area contributed by atoms with Crippen LogP contribution in [0.2, 0.25) is 10.0 Å². The zero-order valence-electron chi connectivity index (χ0n) is 14.0. The lowest BCUT2D eigenvalue weighted by atomic mass is 9.97. The highest BCUT2D eigenvalue weighted by atomic mass is 79.9. The van der Waals surface area contributed by atoms with Gasteiger partial charge in [-0.15, -0.1) is 0 Å². The number of sulfonamides is 1. The van der Waals surface area contributed by atoms with Gasteiger partial charge in [0.05, 0.1) is 14.9 Å². The molecule has 27 heavy (non-hydrogen) atoms. The summed E-state index contributed by atoms with van der Waals surface area (Å²) in [6, 6.07) is 7.72. The number of hydrogen-bond acceptors (Lipinski definition) is 4. The molecule has 2 aromatic rings. The fraction of sp³-hybridized carbons (Fsp3) is 0.294. The number of carbonyl (C=O) groups excluding carboxylic acids is 1. The van der Waals surface area contributed by atoms with Gasteiger partial charge in [0.1, 0.15) is 5.82 Å². The standard InChI is InChI=1S/C17H16BrCl2N3O3S/c18-12-1-4-16(21-10-12)22-17(24)11-5-7-23(8-6-11)27(25,26)13-2-3-14(19)15(20)9-13/h1-4,9-11H,5-8H2,(H,21,22,24). The zero-order chi connectivity index (χ0) is 19.6. The quantitative estimate of drug-likeness (QED) is 0.693. The maximum atomic E-state index is 12.8. The largest absolute Gasteiger partial charge is 0.310 e. The summed E-state index contributed by atoms with van der Waals surface area (Å²) in [4.78, 5) is 16.6. The fourth-order valence-corrected chi connectivity index (χ4v) is 4.92. The topological polar surface area (TPSA) is 79.4 Å². The zero-order valence-corrected chi connectivity index (χ0v) is 17.9. The van der Waals surface area contributed by atoms with Gasteiger partial charge in [0.25, 0.3) is 0 Å². The molecule has 10 heteroatoms. The molecule has 0 bridgehead atoms. The van der Waals surface area contributed by atoms with Gasteiger partial charge in [-0.1, -0.05) is 23.2 Å². The monoisotopic (exact) mass is 491 g/mol. The van der Waals surface area contributed by atoms with Crippen molar-refractivity contribution >= 4 is 60.9 Å². The number of carbonyl (C=O) groups is 1. The minimum atomic E-state index is -3.67. The third-order valence-electron chi connectivity index (χ3n) is 4.33. The van der Waals surface area contributed by atoms with Crippen molar-refractivity contribution in [1.82, 2.24) is 9.29 Å². The Bertz CT molecular complexity index is 946. The lowest BCUT2D eigenvalue weighted by molar-refractivity contribution is -0.120. The van der Waals surface area contributed by atoms with Crippen molar-refractivity contribution in [3.63, 3.8) is 0 Å². The molecule has 0 radical (unpaired) electrons. The van der Waals surface area contributed by atoms with E-state index in [2.05, 4.69) is 26.2 Å². The summed E-state index contributed by atoms with van der Waals surface area (Å²) >= 11 is 15.1. The predicted molar refractivity (Wildman–Crippen MR) is 109 cm³/mol. The Morgan fingerprint density at radius 2 is 1.85 bits per heavy atom. The highest BCUT2D eigenvalue weighted by Crippen LogP contribution is 2.29. The molecule has 1 aliphatic heterocycles. The molecule has 0 unspecified atom stereocenters. The summed E-state index contributed by atoms with van der Waals surface area (Å²) in [7, 11) is -3.67. The predicted octanol–water partition coefficient (Wildman–Crippen LogP) is 4.19. The van der Waals surface area contributed by atoms with Gasteiger partial charge in [0.15, 0.2) is 0 Å². The van der Waals surface area contributed by atoms with E-state index in [-0.39, 0.29) is 34.8 Å². The van der Waals surface area contributed by atoms with Crippen LogP contribution in [-0.4, -0.2) is 36.7 Å². The van der Waals surface area contributed by atoms with E-state index in [0.717, 1.165) is 4.47 Å². The van der Waals surface area contributed by atoms with Crippen molar-refractivity contribution in [2.45, 2.75) is 17.7 Å². The maximum Gasteiger partial charge on any atom is 0.243 e. The third-order valence-corrected chi connectivity index (χ3v) is 7.43. The maximum absolute atomic E-state index is 12.8. The van der Waals surface area contributed by atoms with Gasteiger partial charge in [0, 0.05) is 29.7 Å². The Morgan fingerprint density at radius 3 is 2.44 bits per heavy atom. The molecule has 1 N–H and O–H groups in total. The van der Waals surface area contributed by atoms with E-state index in [1.807, 2.05) is 0 Å². The average molecular weight is 493 g/mol. The van der Waals surface area contributed by atoms with Crippen molar-refractivity contribution < 1.29 is 13.2 Å². The number of nitrogens with zero attached hydrogens (tertiary/aromatic N) is 2. The van der Waals surface area contributed by atoms with Crippen LogP contribution in [0.5, 0.6) is 0 Å². The van der Waals surface area contributed by atoms with Gasteiger partial charge in [-0.2, -0.15) is 4.31 Å². The number of hydrogen-bond donors (Lipinski definition) is 1. The summed E-state index contributed by atoms with van der Waals surface area (Å²) < 4.78 is 27.7. The number of aromatic nitrogens is 1. The molecule has 1 saturated heterocycles. The second-order valence-corrected chi connectivity index (χ2v) is 9.77. The van der Waals surface area contributed by atoms with Gasteiger partial charge < -0.3 is 5.32 Å². The number of rotatable bonds is 4. The van der Waals surface area contributed by atoms with Crippen LogP contribution in [-0.2, 0) is 14.8 Å². The van der Waals surface area contributed by atoms with Gasteiger partial charge in [-0.25, -0.2) is 13.4 Å². The van der Waals surface area contributed by atoms with E-state index < -0.39 is 10.0 Å². The van der Waals surface area contributed by atoms with Gasteiger partial charge >= 0.3 is 0 Å². The molecule has 0 saturated carbocycles. The molecule has 2 heterocycles. The SMILES string of the molecule is O=C(Nc1ccc(Br)cn1)C1CCN(S(=O)(=O)c2ccc(Cl)c(Cl)c2)CC1. The van der Waals surface area contributed by atoms with Crippen LogP contribution in [0.3, 0.4) is 0 Å². The Balaban J connectivity index is 1.63. The fourth-order valence-electron chi connectivity index (χ4n) is 2.82. The van der Waals surface area contributed by atoms with E-state index in [1.165, 1.54) is 22.5 Å². The highest BCUT2D eigenvalue weighted by Gasteiger charge is 2.32. The van der Waals surface area contributed by atoms with Crippen molar-refractivity contribution in [3.8, 4) is 0 Å². The van der Waals surface area contributed by atoms with Gasteiger partial charge in [0.2, 0.25) is 15.9 Å². The Morgan fingerprint density at radius 1 is 1.15 bits per heavy atom. The Hall–Kier alpha value is -1.19. The van der Waals surface area contributed by atoms with E-state index in [9.17, 15) is 13.2 Å². The van der Waals surface area contributed by atoms with E-state index >= 15 is 0 Å². The lowest BCUT2D eigenvalue weighted by Gasteiger charge is -2.30. The minimum absolute atomic E-state index is 0.0962. The second kappa shape index (κ2) is 8.45. The molecule has 0 atom stereocenters. The van der Waals surface area contributed by atoms with E-state index in [0.29, 0.717) is 23.7 Å². The summed E-state index contributed by atoms with van der Waals surface area (Å²) in [6.07, 6.45) is 2.47. The number of benzene rings is 1. The Kier molecular flexibility index (Phi) is 6.43. The van der Waals surface area contributed by atoms with Crippen LogP contribution >= 0.6 is 39.1 Å². The van der Waals surface area contributed by atoms with Crippen molar-refractivity contribution in [2.75, 3.05) is 18.4 Å². The minimum Gasteiger partial charge on any atom is -0.310 e. The van der Waals surface area contributed by atoms with Crippen LogP contribution in [0.15, 0.2) is 45.9 Å². The molecule has 1 aliphatic rings. The third kappa shape index (κ3) is 4.81. The van der Waals surface area contributed by atoms with Crippen molar-refractivity contribution in [3.05, 3.63) is 51.0 Å². The number of nitrogens with one attached hydrogen (secondary N) is 1. The van der Waals surface area contributed by atoms with E-state index in [4.69, 9.17) is 23.2 Å². The number of amides is 1. The van der Waals surface area contributed by atoms with Crippen LogP contribution in [0.4, 0.5) is 5.82 Å². The highest BCUT2D eigenvalue weighted by molar-refractivity contribution is 9.10. The molecule has 1 fully saturated rings. The summed E-state index contributed by atoms with van der Waals surface area (Å²) in [6.45, 7) is 0.517. The molecule has 0 spiro atoms. The van der Waals surface area contributed by atoms with Gasteiger partial charge in [-0.3, -0.25) is 4.79 Å². The molecular weight excluding hydrogens is 477 g/mol. The lowest BCUT2D eigenvalue weighted by Crippen LogP contribution is -2.41. The van der Waals surface area contributed by atoms with E-state index in [1.54, 1.807) is 18.3 Å². The number of halogens is 3. The second-order valence-electron chi connectivity index (χ2n) is 6.11. The summed E-state index contributed by atoms with van der Waals surface area (Å²) in [5, 5.41) is 3.25. The van der Waals surface area contributed by atoms with Crippen LogP contribution < -0.4 is 5.32 Å². The first-order valence-corrected chi connectivity index (χ1v) is 11.1. The van der Waals surface area contributed by atoms with Crippen LogP contribution in [0.25, 0.3) is 0 Å². The molecule has 144 valence electrons. The Labute approximate surface area is 176 Å². The number of piperidine rings is 1. The van der Waals surface area contributed by atoms with Crippen LogP contribution in [0.1, 0.15) is 12.8 Å². The molecular formula is C17H16BrCl2N3O3S. The molecule has 3 rings (SSSR count). The normalized spacial score (nSPS) is 16.3. The molecule has 6 nitrogen and oxygen atoms in total. The summed E-state index contributed by atoms with van der Waals surface area (Å²) in [5.74, 6) is 0.0427. The number of pyridine rings is 1. The average Bonchev–Trinajstić information content (AvgIpc) is 2.66. The smallest absolute Gasteiger partial charge is 0.243 e. The number of anilines is 1. The molecule has 1 amide bonds. The first-order chi connectivity index (χ1) is 12.8. The van der Waals surface area contributed by atoms with Crippen molar-refractivity contribution in [2.24, 2.45) is 5.92 Å². The molecule has 1 aromatic carbocycles. The molecule has 1 aromatic heterocycles. The van der Waals surface area contributed by atoms with Crippen molar-refractivity contribution in [1.29, 1.82) is 0 Å². The van der Waals surface area contributed by atoms with Crippen LogP contribution in [0, 0.1) is 5.92 Å². The first kappa shape index (κ1) is 20.5. The molecule has 0 aliphatic carbocycles. The van der Waals surface area contributed by atoms with Gasteiger partial charge in [-0.05, 0) is 59.1 Å². The first-order valence-electron chi connectivity index (χ1n) is 8.15. The summed E-state index contributed by atoms with van der Waals surface area (Å²) in [5.41, 5.74) is 0.